The van der Waals surface area contributed by atoms with Gasteiger partial charge in [0, 0.05) is 18.2 Å². The first-order valence-corrected chi connectivity index (χ1v) is 8.29. The van der Waals surface area contributed by atoms with Crippen molar-refractivity contribution in [3.05, 3.63) is 29.3 Å². The van der Waals surface area contributed by atoms with Gasteiger partial charge >= 0.3 is 0 Å². The molecule has 4 heteroatoms. The Morgan fingerprint density at radius 3 is 2.33 bits per heavy atom. The van der Waals surface area contributed by atoms with E-state index in [2.05, 4.69) is 0 Å². The fraction of sp³-hybridized carbons (Fsp3) is 0.571. The zero-order chi connectivity index (χ0) is 13.4. The van der Waals surface area contributed by atoms with Gasteiger partial charge in [0.15, 0.2) is 9.84 Å². The average Bonchev–Trinajstić information content (AvgIpc) is 2.76. The van der Waals surface area contributed by atoms with Gasteiger partial charge < -0.3 is 5.73 Å². The van der Waals surface area contributed by atoms with Crippen LogP contribution in [0.5, 0.6) is 0 Å². The highest BCUT2D eigenvalue weighted by atomic mass is 32.2. The molecule has 0 amide bonds. The number of hydrogen-bond acceptors (Lipinski definition) is 3. The van der Waals surface area contributed by atoms with Gasteiger partial charge in [-0.2, -0.15) is 0 Å². The van der Waals surface area contributed by atoms with E-state index in [9.17, 15) is 8.42 Å². The van der Waals surface area contributed by atoms with Crippen molar-refractivity contribution in [1.82, 2.24) is 0 Å². The van der Waals surface area contributed by atoms with Crippen molar-refractivity contribution in [2.75, 3.05) is 12.8 Å². The summed E-state index contributed by atoms with van der Waals surface area (Å²) in [6.45, 7) is 2.50. The lowest BCUT2D eigenvalue weighted by molar-refractivity contribution is 0.452. The Labute approximate surface area is 109 Å². The van der Waals surface area contributed by atoms with E-state index in [1.165, 1.54) is 24.7 Å². The van der Waals surface area contributed by atoms with Crippen LogP contribution < -0.4 is 5.73 Å². The first kappa shape index (κ1) is 13.6. The molecule has 0 spiro atoms. The topological polar surface area (TPSA) is 60.2 Å². The predicted octanol–water partition coefficient (Wildman–Crippen LogP) is 2.17. The largest absolute Gasteiger partial charge is 0.330 e. The molecule has 3 nitrogen and oxygen atoms in total. The lowest BCUT2D eigenvalue weighted by Gasteiger charge is -2.28. The third-order valence-electron chi connectivity index (χ3n) is 4.14. The van der Waals surface area contributed by atoms with Gasteiger partial charge in [0.2, 0.25) is 0 Å². The number of benzene rings is 1. The Balaban J connectivity index is 2.46. The Kier molecular flexibility index (Phi) is 3.52. The van der Waals surface area contributed by atoms with E-state index in [1.807, 2.05) is 19.1 Å². The molecular formula is C14H21NO2S. The lowest BCUT2D eigenvalue weighted by atomic mass is 9.78. The van der Waals surface area contributed by atoms with Crippen LogP contribution in [0.15, 0.2) is 23.1 Å². The number of rotatable bonds is 3. The van der Waals surface area contributed by atoms with Gasteiger partial charge in [0.1, 0.15) is 0 Å². The molecule has 100 valence electrons. The zero-order valence-electron chi connectivity index (χ0n) is 11.1. The first-order valence-electron chi connectivity index (χ1n) is 6.40. The van der Waals surface area contributed by atoms with Crippen LogP contribution in [0.1, 0.15) is 36.8 Å². The molecule has 0 radical (unpaired) electrons. The van der Waals surface area contributed by atoms with E-state index in [-0.39, 0.29) is 5.41 Å². The Hall–Kier alpha value is -0.870. The van der Waals surface area contributed by atoms with Crippen molar-refractivity contribution in [2.45, 2.75) is 42.9 Å². The molecule has 1 aromatic carbocycles. The normalized spacial score (nSPS) is 19.1. The molecule has 0 unspecified atom stereocenters. The summed E-state index contributed by atoms with van der Waals surface area (Å²) in [6, 6.07) is 5.69. The third-order valence-corrected chi connectivity index (χ3v) is 5.40. The predicted molar refractivity (Wildman–Crippen MR) is 73.5 cm³/mol. The highest BCUT2D eigenvalue weighted by molar-refractivity contribution is 7.90. The molecule has 0 saturated heterocycles. The Bertz CT molecular complexity index is 543. The summed E-state index contributed by atoms with van der Waals surface area (Å²) < 4.78 is 23.2. The number of nitrogens with two attached hydrogens (primary N) is 1. The molecule has 1 saturated carbocycles. The van der Waals surface area contributed by atoms with Crippen molar-refractivity contribution in [3.8, 4) is 0 Å². The second-order valence-corrected chi connectivity index (χ2v) is 7.43. The van der Waals surface area contributed by atoms with Gasteiger partial charge in [-0.25, -0.2) is 8.42 Å². The number of hydrogen-bond donors (Lipinski definition) is 1. The van der Waals surface area contributed by atoms with E-state index in [1.54, 1.807) is 6.07 Å². The molecule has 1 aliphatic carbocycles. The molecule has 1 aromatic rings. The van der Waals surface area contributed by atoms with Crippen molar-refractivity contribution in [1.29, 1.82) is 0 Å². The summed E-state index contributed by atoms with van der Waals surface area (Å²) >= 11 is 0. The maximum Gasteiger partial charge on any atom is 0.175 e. The molecular weight excluding hydrogens is 246 g/mol. The SMILES string of the molecule is Cc1cc(C2(CN)CCCC2)ccc1S(C)(=O)=O. The molecule has 2 N–H and O–H groups in total. The van der Waals surface area contributed by atoms with E-state index in [4.69, 9.17) is 5.73 Å². The molecule has 0 atom stereocenters. The highest BCUT2D eigenvalue weighted by Crippen LogP contribution is 2.40. The molecule has 0 aliphatic heterocycles. The van der Waals surface area contributed by atoms with Gasteiger partial charge in [-0.15, -0.1) is 0 Å². The minimum Gasteiger partial charge on any atom is -0.330 e. The summed E-state index contributed by atoms with van der Waals surface area (Å²) in [4.78, 5) is 0.427. The quantitative estimate of drug-likeness (QED) is 0.913. The van der Waals surface area contributed by atoms with Crippen LogP contribution >= 0.6 is 0 Å². The number of aryl methyl sites for hydroxylation is 1. The standard InChI is InChI=1S/C14H21NO2S/c1-11-9-12(5-6-13(11)18(2,16)17)14(10-15)7-3-4-8-14/h5-6,9H,3-4,7-8,10,15H2,1-2H3. The highest BCUT2D eigenvalue weighted by Gasteiger charge is 2.34. The molecule has 0 heterocycles. The van der Waals surface area contributed by atoms with Gasteiger partial charge in [-0.3, -0.25) is 0 Å². The second-order valence-electron chi connectivity index (χ2n) is 5.44. The van der Waals surface area contributed by atoms with Crippen LogP contribution in [0.4, 0.5) is 0 Å². The summed E-state index contributed by atoms with van der Waals surface area (Å²) in [5, 5.41) is 0. The van der Waals surface area contributed by atoms with Crippen molar-refractivity contribution >= 4 is 9.84 Å². The molecule has 2 rings (SSSR count). The van der Waals surface area contributed by atoms with Crippen LogP contribution in [-0.4, -0.2) is 21.2 Å². The van der Waals surface area contributed by atoms with Gasteiger partial charge in [-0.05, 0) is 37.0 Å². The monoisotopic (exact) mass is 267 g/mol. The first-order chi connectivity index (χ1) is 8.39. The van der Waals surface area contributed by atoms with Crippen LogP contribution in [-0.2, 0) is 15.3 Å². The smallest absolute Gasteiger partial charge is 0.175 e. The molecule has 0 aromatic heterocycles. The third kappa shape index (κ3) is 2.31. The minimum atomic E-state index is -3.13. The molecule has 1 aliphatic rings. The molecule has 18 heavy (non-hydrogen) atoms. The average molecular weight is 267 g/mol. The van der Waals surface area contributed by atoms with Gasteiger partial charge in [-0.1, -0.05) is 25.0 Å². The number of sulfone groups is 1. The molecule has 1 fully saturated rings. The van der Waals surface area contributed by atoms with Crippen molar-refractivity contribution in [2.24, 2.45) is 5.73 Å². The summed E-state index contributed by atoms with van der Waals surface area (Å²) in [5.41, 5.74) is 8.06. The van der Waals surface area contributed by atoms with Gasteiger partial charge in [0.25, 0.3) is 0 Å². The van der Waals surface area contributed by atoms with E-state index in [0.717, 1.165) is 18.4 Å². The van der Waals surface area contributed by atoms with E-state index < -0.39 is 9.84 Å². The maximum absolute atomic E-state index is 11.6. The van der Waals surface area contributed by atoms with Crippen LogP contribution in [0.2, 0.25) is 0 Å². The second kappa shape index (κ2) is 4.67. The van der Waals surface area contributed by atoms with Crippen molar-refractivity contribution in [3.63, 3.8) is 0 Å². The van der Waals surface area contributed by atoms with Gasteiger partial charge in [0.05, 0.1) is 4.90 Å². The van der Waals surface area contributed by atoms with Crippen molar-refractivity contribution < 1.29 is 8.42 Å². The Morgan fingerprint density at radius 1 is 1.28 bits per heavy atom. The van der Waals surface area contributed by atoms with Crippen LogP contribution in [0.25, 0.3) is 0 Å². The fourth-order valence-electron chi connectivity index (χ4n) is 3.06. The Morgan fingerprint density at radius 2 is 1.89 bits per heavy atom. The summed E-state index contributed by atoms with van der Waals surface area (Å²) in [7, 11) is -3.13. The summed E-state index contributed by atoms with van der Waals surface area (Å²) in [6.07, 6.45) is 5.90. The lowest BCUT2D eigenvalue weighted by Crippen LogP contribution is -2.32. The van der Waals surface area contributed by atoms with Crippen LogP contribution in [0.3, 0.4) is 0 Å². The molecule has 0 bridgehead atoms. The van der Waals surface area contributed by atoms with E-state index in [0.29, 0.717) is 11.4 Å². The minimum absolute atomic E-state index is 0.0702. The van der Waals surface area contributed by atoms with E-state index >= 15 is 0 Å². The fourth-order valence-corrected chi connectivity index (χ4v) is 4.02. The zero-order valence-corrected chi connectivity index (χ0v) is 11.9. The maximum atomic E-state index is 11.6. The van der Waals surface area contributed by atoms with Crippen LogP contribution in [0, 0.1) is 6.92 Å². The summed E-state index contributed by atoms with van der Waals surface area (Å²) in [5.74, 6) is 0.